The summed E-state index contributed by atoms with van der Waals surface area (Å²) in [5, 5.41) is 8.56. The molecule has 3 aromatic rings. The Labute approximate surface area is 280 Å². The van der Waals surface area contributed by atoms with Crippen molar-refractivity contribution in [1.82, 2.24) is 20.9 Å². The van der Waals surface area contributed by atoms with Crippen LogP contribution in [0.2, 0.25) is 0 Å². The molecule has 254 valence electrons. The highest BCUT2D eigenvalue weighted by molar-refractivity contribution is 6.00. The predicted octanol–water partition coefficient (Wildman–Crippen LogP) is 3.35. The van der Waals surface area contributed by atoms with Crippen LogP contribution in [0.4, 0.5) is 0 Å². The topological polar surface area (TPSA) is 145 Å². The Bertz CT molecular complexity index is 1560. The van der Waals surface area contributed by atoms with Gasteiger partial charge in [-0.05, 0) is 74.2 Å². The first-order valence-electron chi connectivity index (χ1n) is 16.3. The molecule has 0 saturated carbocycles. The van der Waals surface area contributed by atoms with Gasteiger partial charge in [-0.15, -0.1) is 0 Å². The van der Waals surface area contributed by atoms with Crippen molar-refractivity contribution in [3.63, 3.8) is 0 Å². The minimum atomic E-state index is -0.986. The molecule has 48 heavy (non-hydrogen) atoms. The number of methoxy groups -OCH3 is 1. The maximum atomic E-state index is 13.5. The van der Waals surface area contributed by atoms with Gasteiger partial charge in [0.05, 0.1) is 37.4 Å². The van der Waals surface area contributed by atoms with Crippen molar-refractivity contribution in [2.24, 2.45) is 0 Å². The third kappa shape index (κ3) is 9.18. The van der Waals surface area contributed by atoms with Gasteiger partial charge < -0.3 is 39.8 Å². The lowest BCUT2D eigenvalue weighted by Crippen LogP contribution is -2.48. The summed E-state index contributed by atoms with van der Waals surface area (Å²) in [6, 6.07) is 19.7. The zero-order valence-electron chi connectivity index (χ0n) is 27.1. The van der Waals surface area contributed by atoms with Gasteiger partial charge in [-0.2, -0.15) is 0 Å². The average molecular weight is 659 g/mol. The highest BCUT2D eigenvalue weighted by atomic mass is 16.5. The van der Waals surface area contributed by atoms with E-state index in [1.165, 1.54) is 0 Å². The quantitative estimate of drug-likeness (QED) is 0.342. The Kier molecular flexibility index (Phi) is 12.1. The van der Waals surface area contributed by atoms with E-state index in [4.69, 9.17) is 18.9 Å². The molecule has 0 aliphatic carbocycles. The van der Waals surface area contributed by atoms with Crippen LogP contribution in [0.15, 0.2) is 72.8 Å². The smallest absolute Gasteiger partial charge is 0.255 e. The molecular formula is C36H42N4O8. The SMILES string of the molecule is COc1ccc(OCCNC(=O)[C@@H]2CCC(=O)N3CCC[C@H]3COc3ccccc3C(=O)NCCCOc3ccccc3C(=O)N2)cc1. The summed E-state index contributed by atoms with van der Waals surface area (Å²) in [6.45, 7) is 1.77. The summed E-state index contributed by atoms with van der Waals surface area (Å²) in [5.41, 5.74) is 0.669. The second-order valence-electron chi connectivity index (χ2n) is 11.5. The highest BCUT2D eigenvalue weighted by Gasteiger charge is 2.31. The Morgan fingerprint density at radius 1 is 0.875 bits per heavy atom. The second-order valence-corrected chi connectivity index (χ2v) is 11.5. The molecule has 2 aliphatic rings. The first kappa shape index (κ1) is 34.1. The molecule has 0 bridgehead atoms. The molecule has 12 nitrogen and oxygen atoms in total. The van der Waals surface area contributed by atoms with Crippen LogP contribution < -0.4 is 34.9 Å². The summed E-state index contributed by atoms with van der Waals surface area (Å²) in [6.07, 6.45) is 2.19. The number of ether oxygens (including phenoxy) is 4. The molecule has 3 aromatic carbocycles. The van der Waals surface area contributed by atoms with E-state index in [1.807, 2.05) is 0 Å². The lowest BCUT2D eigenvalue weighted by Gasteiger charge is -2.26. The lowest BCUT2D eigenvalue weighted by atomic mass is 10.1. The number of nitrogens with zero attached hydrogens (tertiary/aromatic N) is 1. The zero-order chi connectivity index (χ0) is 33.7. The van der Waals surface area contributed by atoms with Crippen molar-refractivity contribution in [3.05, 3.63) is 83.9 Å². The first-order valence-corrected chi connectivity index (χ1v) is 16.3. The number of para-hydroxylation sites is 2. The van der Waals surface area contributed by atoms with Gasteiger partial charge in [0.15, 0.2) is 0 Å². The third-order valence-electron chi connectivity index (χ3n) is 8.25. The van der Waals surface area contributed by atoms with Crippen molar-refractivity contribution in [3.8, 4) is 23.0 Å². The first-order chi connectivity index (χ1) is 23.4. The van der Waals surface area contributed by atoms with Crippen LogP contribution in [-0.4, -0.2) is 87.2 Å². The molecule has 5 rings (SSSR count). The van der Waals surface area contributed by atoms with Crippen LogP contribution >= 0.6 is 0 Å². The van der Waals surface area contributed by atoms with Gasteiger partial charge in [-0.1, -0.05) is 24.3 Å². The Hall–Kier alpha value is -5.26. The van der Waals surface area contributed by atoms with Gasteiger partial charge in [-0.25, -0.2) is 0 Å². The number of hydrogen-bond acceptors (Lipinski definition) is 8. The fourth-order valence-electron chi connectivity index (χ4n) is 5.69. The molecule has 2 aliphatic heterocycles. The summed E-state index contributed by atoms with van der Waals surface area (Å²) < 4.78 is 22.9. The van der Waals surface area contributed by atoms with Gasteiger partial charge >= 0.3 is 0 Å². The average Bonchev–Trinajstić information content (AvgIpc) is 3.59. The lowest BCUT2D eigenvalue weighted by molar-refractivity contribution is -0.133. The van der Waals surface area contributed by atoms with E-state index >= 15 is 0 Å². The Morgan fingerprint density at radius 3 is 2.31 bits per heavy atom. The van der Waals surface area contributed by atoms with Crippen molar-refractivity contribution in [1.29, 1.82) is 0 Å². The number of carbonyl (C=O) groups excluding carboxylic acids is 4. The van der Waals surface area contributed by atoms with Crippen molar-refractivity contribution in [2.75, 3.05) is 46.6 Å². The number of nitrogens with one attached hydrogen (secondary N) is 3. The van der Waals surface area contributed by atoms with E-state index in [0.717, 1.165) is 12.8 Å². The molecule has 1 saturated heterocycles. The molecule has 12 heteroatoms. The number of carbonyl (C=O) groups is 4. The number of benzene rings is 3. The normalized spacial score (nSPS) is 19.2. The largest absolute Gasteiger partial charge is 0.497 e. The van der Waals surface area contributed by atoms with Gasteiger partial charge in [0.1, 0.15) is 42.3 Å². The van der Waals surface area contributed by atoms with E-state index in [0.29, 0.717) is 48.1 Å². The highest BCUT2D eigenvalue weighted by Crippen LogP contribution is 2.24. The molecule has 0 spiro atoms. The zero-order valence-corrected chi connectivity index (χ0v) is 27.1. The van der Waals surface area contributed by atoms with Crippen molar-refractivity contribution < 1.29 is 38.1 Å². The monoisotopic (exact) mass is 658 g/mol. The van der Waals surface area contributed by atoms with Gasteiger partial charge in [-0.3, -0.25) is 19.2 Å². The number of amides is 4. The van der Waals surface area contributed by atoms with Crippen molar-refractivity contribution >= 4 is 23.6 Å². The van der Waals surface area contributed by atoms with Crippen LogP contribution in [0, 0.1) is 0 Å². The molecule has 2 heterocycles. The minimum absolute atomic E-state index is 0.0361. The fraction of sp³-hybridized carbons (Fsp3) is 0.389. The van der Waals surface area contributed by atoms with E-state index < -0.39 is 17.9 Å². The molecular weight excluding hydrogens is 616 g/mol. The minimum Gasteiger partial charge on any atom is -0.497 e. The maximum Gasteiger partial charge on any atom is 0.255 e. The number of fused-ring (bicyclic) bond motifs is 3. The standard InChI is InChI=1S/C36H42N4O8/c1-45-26-13-15-27(16-14-26)46-23-20-38-36(44)30-17-18-33(41)40-21-6-8-25(40)24-48-32-12-5-2-9-28(32)34(42)37-19-7-22-47-31-11-4-3-10-29(31)35(43)39-30/h2-5,9-16,25,30H,6-8,17-24H2,1H3,(H,37,42)(H,38,44)(H,39,43)/t25-,30-/m0/s1. The van der Waals surface area contributed by atoms with Crippen molar-refractivity contribution in [2.45, 2.75) is 44.2 Å². The summed E-state index contributed by atoms with van der Waals surface area (Å²) in [7, 11) is 1.58. The third-order valence-corrected chi connectivity index (χ3v) is 8.25. The Morgan fingerprint density at radius 2 is 1.56 bits per heavy atom. The maximum absolute atomic E-state index is 13.5. The predicted molar refractivity (Wildman–Crippen MR) is 178 cm³/mol. The molecule has 0 radical (unpaired) electrons. The molecule has 1 fully saturated rings. The van der Waals surface area contributed by atoms with Gasteiger partial charge in [0, 0.05) is 19.5 Å². The van der Waals surface area contributed by atoms with E-state index in [-0.39, 0.29) is 62.6 Å². The van der Waals surface area contributed by atoms with Crippen LogP contribution in [0.1, 0.15) is 52.8 Å². The Balaban J connectivity index is 1.29. The molecule has 4 amide bonds. The second kappa shape index (κ2) is 17.1. The van der Waals surface area contributed by atoms with E-state index in [2.05, 4.69) is 16.0 Å². The van der Waals surface area contributed by atoms with E-state index in [1.54, 1.807) is 84.8 Å². The summed E-state index contributed by atoms with van der Waals surface area (Å²) in [5.74, 6) is 0.787. The number of hydrogen-bond donors (Lipinski definition) is 3. The van der Waals surface area contributed by atoms with Gasteiger partial charge in [0.25, 0.3) is 11.8 Å². The molecule has 3 N–H and O–H groups in total. The summed E-state index contributed by atoms with van der Waals surface area (Å²) in [4.78, 5) is 55.2. The fourth-order valence-corrected chi connectivity index (χ4v) is 5.69. The van der Waals surface area contributed by atoms with Crippen LogP contribution in [0.3, 0.4) is 0 Å². The van der Waals surface area contributed by atoms with Gasteiger partial charge in [0.2, 0.25) is 11.8 Å². The van der Waals surface area contributed by atoms with E-state index in [9.17, 15) is 19.2 Å². The van der Waals surface area contributed by atoms with Crippen LogP contribution in [0.5, 0.6) is 23.0 Å². The molecule has 0 unspecified atom stereocenters. The van der Waals surface area contributed by atoms with Crippen LogP contribution in [0.25, 0.3) is 0 Å². The molecule has 0 aromatic heterocycles. The molecule has 2 atom stereocenters. The number of rotatable bonds is 6. The summed E-state index contributed by atoms with van der Waals surface area (Å²) >= 11 is 0. The van der Waals surface area contributed by atoms with Crippen LogP contribution in [-0.2, 0) is 9.59 Å².